The van der Waals surface area contributed by atoms with E-state index in [1.165, 1.54) is 6.08 Å². The molecular weight excluding hydrogens is 290 g/mol. The molecule has 0 fully saturated rings. The van der Waals surface area contributed by atoms with Crippen molar-refractivity contribution in [2.24, 2.45) is 0 Å². The number of carbonyl (C=O) groups excluding carboxylic acids is 2. The summed E-state index contributed by atoms with van der Waals surface area (Å²) in [6, 6.07) is 15.1. The number of ether oxygens (including phenoxy) is 1. The second-order valence-electron chi connectivity index (χ2n) is 5.27. The fraction of sp³-hybridized carbons (Fsp3) is 0.158. The van der Waals surface area contributed by atoms with Gasteiger partial charge in [0, 0.05) is 11.8 Å². The second-order valence-corrected chi connectivity index (χ2v) is 5.27. The van der Waals surface area contributed by atoms with Gasteiger partial charge in [-0.15, -0.1) is 0 Å². The Labute approximate surface area is 135 Å². The normalized spacial score (nSPS) is 10.5. The van der Waals surface area contributed by atoms with Gasteiger partial charge in [-0.3, -0.25) is 4.79 Å². The molecular formula is C19H19NO3. The van der Waals surface area contributed by atoms with Gasteiger partial charge in [-0.1, -0.05) is 42.0 Å². The van der Waals surface area contributed by atoms with Crippen LogP contribution in [-0.2, 0) is 14.3 Å². The molecule has 0 unspecified atom stereocenters. The summed E-state index contributed by atoms with van der Waals surface area (Å²) in [4.78, 5) is 23.3. The minimum absolute atomic E-state index is 0.314. The van der Waals surface area contributed by atoms with Gasteiger partial charge >= 0.3 is 5.97 Å². The highest BCUT2D eigenvalue weighted by atomic mass is 16.5. The lowest BCUT2D eigenvalue weighted by molar-refractivity contribution is -0.142. The van der Waals surface area contributed by atoms with E-state index in [1.807, 2.05) is 56.3 Å². The summed E-state index contributed by atoms with van der Waals surface area (Å²) in [5.74, 6) is -0.919. The van der Waals surface area contributed by atoms with Gasteiger partial charge < -0.3 is 10.1 Å². The summed E-state index contributed by atoms with van der Waals surface area (Å²) >= 11 is 0. The van der Waals surface area contributed by atoms with E-state index in [9.17, 15) is 9.59 Å². The van der Waals surface area contributed by atoms with Crippen LogP contribution in [0.4, 0.5) is 5.69 Å². The summed E-state index contributed by atoms with van der Waals surface area (Å²) in [6.07, 6.45) is 2.96. The van der Waals surface area contributed by atoms with E-state index in [0.717, 1.165) is 16.7 Å². The maximum Gasteiger partial charge on any atom is 0.331 e. The first-order valence-electron chi connectivity index (χ1n) is 7.31. The van der Waals surface area contributed by atoms with Crippen LogP contribution in [0.3, 0.4) is 0 Å². The van der Waals surface area contributed by atoms with Crippen LogP contribution in [0.1, 0.15) is 16.7 Å². The Morgan fingerprint density at radius 2 is 1.78 bits per heavy atom. The van der Waals surface area contributed by atoms with Crippen molar-refractivity contribution in [2.45, 2.75) is 13.8 Å². The first kappa shape index (κ1) is 16.5. The number of rotatable bonds is 5. The van der Waals surface area contributed by atoms with Crippen molar-refractivity contribution >= 4 is 23.6 Å². The van der Waals surface area contributed by atoms with Crippen molar-refractivity contribution in [1.82, 2.24) is 0 Å². The van der Waals surface area contributed by atoms with Crippen LogP contribution in [0.15, 0.2) is 54.6 Å². The Morgan fingerprint density at radius 1 is 1.04 bits per heavy atom. The summed E-state index contributed by atoms with van der Waals surface area (Å²) in [5.41, 5.74) is 3.77. The van der Waals surface area contributed by atoms with Crippen molar-refractivity contribution in [3.05, 3.63) is 71.3 Å². The Hall–Kier alpha value is -2.88. The van der Waals surface area contributed by atoms with Gasteiger partial charge in [-0.25, -0.2) is 4.79 Å². The van der Waals surface area contributed by atoms with Crippen LogP contribution < -0.4 is 5.32 Å². The standard InChI is InChI=1S/C19H19NO3/c1-14-6-8-16(9-7-14)10-11-19(22)23-13-18(21)20-17-5-3-4-15(2)12-17/h3-12H,13H2,1-2H3,(H,20,21)/b11-10+. The van der Waals surface area contributed by atoms with E-state index in [1.54, 1.807) is 12.1 Å². The lowest BCUT2D eigenvalue weighted by Gasteiger charge is -2.06. The van der Waals surface area contributed by atoms with Crippen molar-refractivity contribution < 1.29 is 14.3 Å². The molecule has 0 atom stereocenters. The predicted octanol–water partition coefficient (Wildman–Crippen LogP) is 3.50. The number of benzene rings is 2. The zero-order valence-electron chi connectivity index (χ0n) is 13.2. The molecule has 4 heteroatoms. The van der Waals surface area contributed by atoms with E-state index in [-0.39, 0.29) is 12.5 Å². The van der Waals surface area contributed by atoms with Gasteiger partial charge in [0.25, 0.3) is 5.91 Å². The molecule has 0 radical (unpaired) electrons. The van der Waals surface area contributed by atoms with Crippen LogP contribution in [0.2, 0.25) is 0 Å². The molecule has 0 aliphatic carbocycles. The zero-order valence-corrected chi connectivity index (χ0v) is 13.2. The molecule has 1 N–H and O–H groups in total. The Kier molecular flexibility index (Phi) is 5.69. The SMILES string of the molecule is Cc1ccc(/C=C/C(=O)OCC(=O)Nc2cccc(C)c2)cc1. The highest BCUT2D eigenvalue weighted by Crippen LogP contribution is 2.09. The number of anilines is 1. The van der Waals surface area contributed by atoms with Crippen LogP contribution in [0.25, 0.3) is 6.08 Å². The molecule has 0 aromatic heterocycles. The van der Waals surface area contributed by atoms with Crippen LogP contribution in [0.5, 0.6) is 0 Å². The van der Waals surface area contributed by atoms with Crippen LogP contribution >= 0.6 is 0 Å². The van der Waals surface area contributed by atoms with E-state index in [0.29, 0.717) is 5.69 Å². The number of carbonyl (C=O) groups is 2. The van der Waals surface area contributed by atoms with E-state index in [2.05, 4.69) is 5.32 Å². The molecule has 2 aromatic carbocycles. The molecule has 0 heterocycles. The smallest absolute Gasteiger partial charge is 0.331 e. The zero-order chi connectivity index (χ0) is 16.7. The quantitative estimate of drug-likeness (QED) is 0.679. The second kappa shape index (κ2) is 7.94. The van der Waals surface area contributed by atoms with Crippen molar-refractivity contribution in [2.75, 3.05) is 11.9 Å². The average molecular weight is 309 g/mol. The third kappa shape index (κ3) is 5.79. The average Bonchev–Trinajstić information content (AvgIpc) is 2.52. The summed E-state index contributed by atoms with van der Waals surface area (Å²) in [6.45, 7) is 3.62. The predicted molar refractivity (Wildman–Crippen MR) is 91.0 cm³/mol. The molecule has 0 saturated heterocycles. The Morgan fingerprint density at radius 3 is 2.48 bits per heavy atom. The molecule has 4 nitrogen and oxygen atoms in total. The first-order valence-corrected chi connectivity index (χ1v) is 7.31. The number of amides is 1. The molecule has 23 heavy (non-hydrogen) atoms. The Balaban J connectivity index is 1.79. The molecule has 0 bridgehead atoms. The molecule has 2 rings (SSSR count). The van der Waals surface area contributed by atoms with Gasteiger partial charge in [0.15, 0.2) is 6.61 Å². The van der Waals surface area contributed by atoms with E-state index >= 15 is 0 Å². The Bertz CT molecular complexity index is 718. The highest BCUT2D eigenvalue weighted by Gasteiger charge is 2.05. The first-order chi connectivity index (χ1) is 11.0. The maximum absolute atomic E-state index is 11.7. The largest absolute Gasteiger partial charge is 0.452 e. The third-order valence-corrected chi connectivity index (χ3v) is 3.14. The van der Waals surface area contributed by atoms with Crippen molar-refractivity contribution in [1.29, 1.82) is 0 Å². The third-order valence-electron chi connectivity index (χ3n) is 3.14. The van der Waals surface area contributed by atoms with Gasteiger partial charge in [0.2, 0.25) is 0 Å². The number of hydrogen-bond donors (Lipinski definition) is 1. The monoisotopic (exact) mass is 309 g/mol. The van der Waals surface area contributed by atoms with E-state index in [4.69, 9.17) is 4.74 Å². The summed E-state index contributed by atoms with van der Waals surface area (Å²) in [7, 11) is 0. The summed E-state index contributed by atoms with van der Waals surface area (Å²) < 4.78 is 4.91. The van der Waals surface area contributed by atoms with Crippen molar-refractivity contribution in [3.8, 4) is 0 Å². The molecule has 0 aliphatic heterocycles. The van der Waals surface area contributed by atoms with E-state index < -0.39 is 5.97 Å². The molecule has 1 amide bonds. The maximum atomic E-state index is 11.7. The fourth-order valence-corrected chi connectivity index (χ4v) is 1.95. The number of esters is 1. The number of nitrogens with one attached hydrogen (secondary N) is 1. The fourth-order valence-electron chi connectivity index (χ4n) is 1.95. The minimum Gasteiger partial charge on any atom is -0.452 e. The van der Waals surface area contributed by atoms with Crippen LogP contribution in [0, 0.1) is 13.8 Å². The molecule has 0 saturated carbocycles. The lowest BCUT2D eigenvalue weighted by atomic mass is 10.1. The lowest BCUT2D eigenvalue weighted by Crippen LogP contribution is -2.20. The number of hydrogen-bond acceptors (Lipinski definition) is 3. The highest BCUT2D eigenvalue weighted by molar-refractivity contribution is 5.94. The topological polar surface area (TPSA) is 55.4 Å². The van der Waals surface area contributed by atoms with Crippen LogP contribution in [-0.4, -0.2) is 18.5 Å². The minimum atomic E-state index is -0.551. The van der Waals surface area contributed by atoms with Gasteiger partial charge in [-0.05, 0) is 43.2 Å². The molecule has 2 aromatic rings. The van der Waals surface area contributed by atoms with Crippen molar-refractivity contribution in [3.63, 3.8) is 0 Å². The molecule has 0 aliphatic rings. The molecule has 118 valence electrons. The summed E-state index contributed by atoms with van der Waals surface area (Å²) in [5, 5.41) is 2.68. The van der Waals surface area contributed by atoms with Gasteiger partial charge in [0.1, 0.15) is 0 Å². The van der Waals surface area contributed by atoms with Gasteiger partial charge in [-0.2, -0.15) is 0 Å². The van der Waals surface area contributed by atoms with Gasteiger partial charge in [0.05, 0.1) is 0 Å². The number of aryl methyl sites for hydroxylation is 2. The molecule has 0 spiro atoms.